The molecule has 2 atom stereocenters. The lowest BCUT2D eigenvalue weighted by Gasteiger charge is -2.45. The maximum absolute atomic E-state index is 14.0. The average molecular weight is 557 g/mol. The van der Waals surface area contributed by atoms with Crippen molar-refractivity contribution in [2.75, 3.05) is 13.1 Å². The molecule has 2 N–H and O–H groups in total. The zero-order valence-electron chi connectivity index (χ0n) is 21.7. The van der Waals surface area contributed by atoms with Crippen LogP contribution in [-0.4, -0.2) is 55.0 Å². The number of nitrogens with zero attached hydrogens (tertiary/aromatic N) is 4. The molecule has 1 aliphatic heterocycles. The van der Waals surface area contributed by atoms with Gasteiger partial charge in [-0.2, -0.15) is 18.2 Å². The van der Waals surface area contributed by atoms with E-state index in [4.69, 9.17) is 9.05 Å². The summed E-state index contributed by atoms with van der Waals surface area (Å²) in [5, 5.41) is 28.1. The second kappa shape index (κ2) is 10.5. The van der Waals surface area contributed by atoms with Gasteiger partial charge in [0.1, 0.15) is 11.3 Å². The minimum atomic E-state index is -4.79. The Morgan fingerprint density at radius 1 is 1.02 bits per heavy atom. The van der Waals surface area contributed by atoms with E-state index >= 15 is 0 Å². The summed E-state index contributed by atoms with van der Waals surface area (Å²) < 4.78 is 52.2. The number of carboxylic acids is 1. The zero-order chi connectivity index (χ0) is 28.7. The summed E-state index contributed by atoms with van der Waals surface area (Å²) in [7, 11) is 0. The molecule has 0 saturated carbocycles. The lowest BCUT2D eigenvalue weighted by molar-refractivity contribution is -0.145. The Morgan fingerprint density at radius 3 is 2.38 bits per heavy atom. The van der Waals surface area contributed by atoms with Crippen molar-refractivity contribution in [1.82, 2.24) is 20.2 Å². The third kappa shape index (κ3) is 5.24. The minimum absolute atomic E-state index is 0.0291. The molecule has 40 heavy (non-hydrogen) atoms. The van der Waals surface area contributed by atoms with Crippen LogP contribution in [0.1, 0.15) is 43.9 Å². The van der Waals surface area contributed by atoms with Crippen molar-refractivity contribution in [3.05, 3.63) is 65.7 Å². The predicted octanol–water partition coefficient (Wildman–Crippen LogP) is 5.69. The van der Waals surface area contributed by atoms with Crippen molar-refractivity contribution >= 4 is 5.97 Å². The first kappa shape index (κ1) is 27.5. The van der Waals surface area contributed by atoms with E-state index in [1.54, 1.807) is 42.5 Å². The molecule has 0 bridgehead atoms. The van der Waals surface area contributed by atoms with E-state index in [0.29, 0.717) is 30.6 Å². The number of likely N-dealkylation sites (tertiary alicyclic amines) is 1. The van der Waals surface area contributed by atoms with E-state index in [-0.39, 0.29) is 17.1 Å². The van der Waals surface area contributed by atoms with E-state index in [1.807, 2.05) is 18.7 Å². The van der Waals surface area contributed by atoms with Crippen LogP contribution in [-0.2, 0) is 11.0 Å². The number of hydrogen-bond donors (Lipinski definition) is 2. The summed E-state index contributed by atoms with van der Waals surface area (Å²) >= 11 is 0. The van der Waals surface area contributed by atoms with Crippen LogP contribution in [0.5, 0.6) is 0 Å². The number of aliphatic hydroxyl groups is 1. The maximum Gasteiger partial charge on any atom is 0.422 e. The van der Waals surface area contributed by atoms with E-state index in [2.05, 4.69) is 15.3 Å². The SMILES string of the molecule is CC(C)(C(O)c1ccc(-c2noc(-c3onc(-c4ccccc4)c3C(F)(F)F)n2)cc1)N1CCC[C@H](C(=O)O)C1. The fraction of sp³-hybridized carbons (Fsp3) is 0.357. The third-order valence-electron chi connectivity index (χ3n) is 7.38. The van der Waals surface area contributed by atoms with Gasteiger partial charge >= 0.3 is 12.1 Å². The summed E-state index contributed by atoms with van der Waals surface area (Å²) in [6.07, 6.45) is -4.40. The Morgan fingerprint density at radius 2 is 1.73 bits per heavy atom. The molecule has 210 valence electrons. The smallest absolute Gasteiger partial charge is 0.422 e. The van der Waals surface area contributed by atoms with Crippen molar-refractivity contribution in [2.45, 2.75) is 44.5 Å². The van der Waals surface area contributed by atoms with Crippen molar-refractivity contribution in [2.24, 2.45) is 5.92 Å². The number of carbonyl (C=O) groups is 1. The summed E-state index contributed by atoms with van der Waals surface area (Å²) in [5.41, 5.74) is -0.985. The van der Waals surface area contributed by atoms with Gasteiger partial charge in [0.15, 0.2) is 0 Å². The number of aliphatic carboxylic acids is 1. The lowest BCUT2D eigenvalue weighted by atomic mass is 9.85. The Kier molecular flexibility index (Phi) is 7.23. The van der Waals surface area contributed by atoms with Gasteiger partial charge in [0.2, 0.25) is 11.6 Å². The fourth-order valence-electron chi connectivity index (χ4n) is 5.02. The Balaban J connectivity index is 1.38. The number of hydrogen-bond acceptors (Lipinski definition) is 8. The number of halogens is 3. The minimum Gasteiger partial charge on any atom is -0.481 e. The molecule has 1 aliphatic rings. The number of alkyl halides is 3. The van der Waals surface area contributed by atoms with E-state index in [9.17, 15) is 28.2 Å². The van der Waals surface area contributed by atoms with Gasteiger partial charge in [-0.1, -0.05) is 64.9 Å². The van der Waals surface area contributed by atoms with Crippen molar-refractivity contribution in [3.8, 4) is 34.3 Å². The van der Waals surface area contributed by atoms with E-state index in [0.717, 1.165) is 6.42 Å². The van der Waals surface area contributed by atoms with Crippen LogP contribution >= 0.6 is 0 Å². The largest absolute Gasteiger partial charge is 0.481 e. The number of rotatable bonds is 7. The molecule has 1 fully saturated rings. The fourth-order valence-corrected chi connectivity index (χ4v) is 5.02. The Hall–Kier alpha value is -4.03. The van der Waals surface area contributed by atoms with Gasteiger partial charge in [0, 0.05) is 23.2 Å². The van der Waals surface area contributed by atoms with Gasteiger partial charge in [-0.3, -0.25) is 9.69 Å². The topological polar surface area (TPSA) is 126 Å². The molecule has 1 unspecified atom stereocenters. The highest BCUT2D eigenvalue weighted by molar-refractivity contribution is 5.71. The Labute approximate surface area is 227 Å². The number of aliphatic hydroxyl groups excluding tert-OH is 1. The van der Waals surface area contributed by atoms with Gasteiger partial charge in [0.05, 0.1) is 12.0 Å². The predicted molar refractivity (Wildman–Crippen MR) is 137 cm³/mol. The molecule has 2 aromatic heterocycles. The van der Waals surface area contributed by atoms with Crippen molar-refractivity contribution in [1.29, 1.82) is 0 Å². The van der Waals surface area contributed by atoms with Gasteiger partial charge in [-0.05, 0) is 38.8 Å². The van der Waals surface area contributed by atoms with Crippen LogP contribution in [0.2, 0.25) is 0 Å². The molecule has 0 amide bonds. The first-order chi connectivity index (χ1) is 19.0. The third-order valence-corrected chi connectivity index (χ3v) is 7.38. The van der Waals surface area contributed by atoms with Crippen LogP contribution in [0.25, 0.3) is 34.3 Å². The zero-order valence-corrected chi connectivity index (χ0v) is 21.7. The van der Waals surface area contributed by atoms with Gasteiger partial charge in [-0.15, -0.1) is 0 Å². The Bertz CT molecular complexity index is 1480. The quantitative estimate of drug-likeness (QED) is 0.295. The molecule has 1 saturated heterocycles. The standard InChI is InChI=1S/C28H27F3N4O5/c1-27(2,35-14-6-9-19(15-35)26(37)38)23(36)17-10-12-18(13-11-17)24-32-25(40-34-24)22-20(28(29,30)31)21(33-39-22)16-7-4-3-5-8-16/h3-5,7-8,10-13,19,23,36H,6,9,14-15H2,1-2H3,(H,37,38)/t19-,23?/m0/s1. The number of carboxylic acid groups (broad SMARTS) is 1. The van der Waals surface area contributed by atoms with Gasteiger partial charge < -0.3 is 19.3 Å². The molecule has 5 rings (SSSR count). The van der Waals surface area contributed by atoms with Crippen LogP contribution in [0.15, 0.2) is 63.6 Å². The van der Waals surface area contributed by atoms with E-state index in [1.165, 1.54) is 12.1 Å². The highest BCUT2D eigenvalue weighted by atomic mass is 19.4. The molecule has 2 aromatic carbocycles. The number of piperidine rings is 1. The molecule has 0 spiro atoms. The molecule has 12 heteroatoms. The summed E-state index contributed by atoms with van der Waals surface area (Å²) in [6.45, 7) is 4.74. The van der Waals surface area contributed by atoms with Crippen molar-refractivity contribution in [3.63, 3.8) is 0 Å². The number of benzene rings is 2. The molecule has 9 nitrogen and oxygen atoms in total. The monoisotopic (exact) mass is 556 g/mol. The van der Waals surface area contributed by atoms with E-state index < -0.39 is 46.9 Å². The second-order valence-corrected chi connectivity index (χ2v) is 10.3. The maximum atomic E-state index is 14.0. The summed E-state index contributed by atoms with van der Waals surface area (Å²) in [6, 6.07) is 14.4. The number of aromatic nitrogens is 3. The van der Waals surface area contributed by atoms with Crippen LogP contribution in [0.4, 0.5) is 13.2 Å². The average Bonchev–Trinajstić information content (AvgIpc) is 3.61. The molecule has 0 radical (unpaired) electrons. The highest BCUT2D eigenvalue weighted by Gasteiger charge is 2.43. The van der Waals surface area contributed by atoms with Gasteiger partial charge in [-0.25, -0.2) is 0 Å². The van der Waals surface area contributed by atoms with Gasteiger partial charge in [0.25, 0.3) is 5.89 Å². The van der Waals surface area contributed by atoms with Crippen LogP contribution < -0.4 is 0 Å². The van der Waals surface area contributed by atoms with Crippen LogP contribution in [0, 0.1) is 5.92 Å². The normalized spacial score (nSPS) is 17.6. The lowest BCUT2D eigenvalue weighted by Crippen LogP contribution is -2.53. The summed E-state index contributed by atoms with van der Waals surface area (Å²) in [4.78, 5) is 17.6. The summed E-state index contributed by atoms with van der Waals surface area (Å²) in [5.74, 6) is -2.45. The first-order valence-corrected chi connectivity index (χ1v) is 12.7. The molecule has 3 heterocycles. The van der Waals surface area contributed by atoms with Crippen LogP contribution in [0.3, 0.4) is 0 Å². The molecule has 4 aromatic rings. The first-order valence-electron chi connectivity index (χ1n) is 12.7. The highest BCUT2D eigenvalue weighted by Crippen LogP contribution is 2.43. The molecule has 0 aliphatic carbocycles. The van der Waals surface area contributed by atoms with Crippen molar-refractivity contribution < 1.29 is 37.2 Å². The second-order valence-electron chi connectivity index (χ2n) is 10.3. The molecular weight excluding hydrogens is 529 g/mol. The molecular formula is C28H27F3N4O5.